The Morgan fingerprint density at radius 1 is 0.588 bits per heavy atom. The van der Waals surface area contributed by atoms with Crippen LogP contribution in [0.1, 0.15) is 62.3 Å². The van der Waals surface area contributed by atoms with Crippen molar-refractivity contribution >= 4 is 0 Å². The van der Waals surface area contributed by atoms with Gasteiger partial charge in [-0.25, -0.2) is 4.90 Å². The Labute approximate surface area is 105 Å². The van der Waals surface area contributed by atoms with Crippen LogP contribution < -0.4 is 0 Å². The van der Waals surface area contributed by atoms with E-state index in [0.717, 1.165) is 0 Å². The van der Waals surface area contributed by atoms with Gasteiger partial charge in [0, 0.05) is 0 Å². The van der Waals surface area contributed by atoms with E-state index in [1.165, 1.54) is 0 Å². The highest BCUT2D eigenvalue weighted by Gasteiger charge is 2.74. The van der Waals surface area contributed by atoms with E-state index in [1.54, 1.807) is 0 Å². The van der Waals surface area contributed by atoms with Gasteiger partial charge >= 0.3 is 0 Å². The smallest absolute Gasteiger partial charge is 0.119 e. The molecule has 0 bridgehead atoms. The first-order valence-electron chi connectivity index (χ1n) is 6.49. The summed E-state index contributed by atoms with van der Waals surface area (Å²) in [6.45, 7) is 19.5. The molecule has 17 heavy (non-hydrogen) atoms. The van der Waals surface area contributed by atoms with Crippen LogP contribution in [0.5, 0.6) is 0 Å². The molecule has 0 N–H and O–H groups in total. The highest BCUT2D eigenvalue weighted by molar-refractivity contribution is 5.22. The van der Waals surface area contributed by atoms with Crippen molar-refractivity contribution in [3.63, 3.8) is 0 Å². The van der Waals surface area contributed by atoms with Crippen molar-refractivity contribution in [2.24, 2.45) is 0 Å². The van der Waals surface area contributed by atoms with E-state index in [0.29, 0.717) is 0 Å². The summed E-state index contributed by atoms with van der Waals surface area (Å²) in [5.74, 6) is 0. The molecule has 0 saturated carbocycles. The number of fused-ring (bicyclic) bond motifs is 1. The van der Waals surface area contributed by atoms with Crippen LogP contribution in [0.2, 0.25) is 0 Å². The SMILES string of the molecule is CC1(C)OC(C)(C)C2(C)N1C(C)(C)OC2(C)C. The molecule has 0 aliphatic carbocycles. The zero-order chi connectivity index (χ0) is 13.5. The molecule has 0 spiro atoms. The fourth-order valence-electron chi connectivity index (χ4n) is 4.53. The predicted molar refractivity (Wildman–Crippen MR) is 68.7 cm³/mol. The lowest BCUT2D eigenvalue weighted by Crippen LogP contribution is -2.63. The van der Waals surface area contributed by atoms with Gasteiger partial charge in [-0.05, 0) is 62.3 Å². The monoisotopic (exact) mass is 241 g/mol. The van der Waals surface area contributed by atoms with E-state index in [1.807, 2.05) is 0 Å². The molecular weight excluding hydrogens is 214 g/mol. The minimum atomic E-state index is -0.310. The fourth-order valence-corrected chi connectivity index (χ4v) is 4.53. The summed E-state index contributed by atoms with van der Waals surface area (Å²) >= 11 is 0. The van der Waals surface area contributed by atoms with Gasteiger partial charge in [0.2, 0.25) is 0 Å². The average molecular weight is 241 g/mol. The molecule has 2 aliphatic rings. The summed E-state index contributed by atoms with van der Waals surface area (Å²) < 4.78 is 12.6. The Morgan fingerprint density at radius 2 is 0.882 bits per heavy atom. The van der Waals surface area contributed by atoms with Crippen molar-refractivity contribution in [3.05, 3.63) is 0 Å². The number of hydrogen-bond acceptors (Lipinski definition) is 3. The quantitative estimate of drug-likeness (QED) is 0.650. The van der Waals surface area contributed by atoms with Gasteiger partial charge < -0.3 is 9.47 Å². The average Bonchev–Trinajstić information content (AvgIpc) is 2.19. The molecule has 0 amide bonds. The maximum absolute atomic E-state index is 6.32. The third kappa shape index (κ3) is 1.33. The maximum atomic E-state index is 6.32. The normalized spacial score (nSPS) is 35.8. The first-order valence-corrected chi connectivity index (χ1v) is 6.49. The first kappa shape index (κ1) is 13.3. The molecule has 0 aromatic rings. The number of hydrogen-bond donors (Lipinski definition) is 0. The van der Waals surface area contributed by atoms with Crippen LogP contribution >= 0.6 is 0 Å². The van der Waals surface area contributed by atoms with Gasteiger partial charge in [0.25, 0.3) is 0 Å². The summed E-state index contributed by atoms with van der Waals surface area (Å²) in [4.78, 5) is 2.40. The number of nitrogens with zero attached hydrogens (tertiary/aromatic N) is 1. The van der Waals surface area contributed by atoms with E-state index >= 15 is 0 Å². The zero-order valence-electron chi connectivity index (χ0n) is 12.8. The molecule has 0 unspecified atom stereocenters. The largest absolute Gasteiger partial charge is 0.353 e. The zero-order valence-corrected chi connectivity index (χ0v) is 12.8. The van der Waals surface area contributed by atoms with Crippen LogP contribution in [0.4, 0.5) is 0 Å². The second-order valence-electron chi connectivity index (χ2n) is 7.53. The molecule has 3 heteroatoms. The second kappa shape index (κ2) is 2.89. The summed E-state index contributed by atoms with van der Waals surface area (Å²) in [5, 5.41) is 0. The van der Waals surface area contributed by atoms with Crippen molar-refractivity contribution in [2.75, 3.05) is 0 Å². The van der Waals surface area contributed by atoms with Gasteiger partial charge in [0.05, 0.1) is 16.7 Å². The molecule has 2 fully saturated rings. The van der Waals surface area contributed by atoms with Crippen LogP contribution in [-0.4, -0.2) is 33.1 Å². The second-order valence-corrected chi connectivity index (χ2v) is 7.53. The lowest BCUT2D eigenvalue weighted by molar-refractivity contribution is -0.200. The van der Waals surface area contributed by atoms with E-state index in [4.69, 9.17) is 9.47 Å². The lowest BCUT2D eigenvalue weighted by Gasteiger charge is -2.45. The maximum Gasteiger partial charge on any atom is 0.119 e. The summed E-state index contributed by atoms with van der Waals surface area (Å²) in [6.07, 6.45) is 0. The van der Waals surface area contributed by atoms with Crippen LogP contribution in [-0.2, 0) is 9.47 Å². The Morgan fingerprint density at radius 3 is 1.12 bits per heavy atom. The van der Waals surface area contributed by atoms with E-state index < -0.39 is 0 Å². The Balaban J connectivity index is 2.67. The number of rotatable bonds is 0. The molecule has 0 atom stereocenters. The molecule has 100 valence electrons. The summed E-state index contributed by atoms with van der Waals surface area (Å²) in [6, 6.07) is 0. The molecule has 2 saturated heterocycles. The van der Waals surface area contributed by atoms with Crippen molar-refractivity contribution in [1.82, 2.24) is 4.90 Å². The molecule has 0 radical (unpaired) electrons. The van der Waals surface area contributed by atoms with Gasteiger partial charge in [-0.3, -0.25) is 0 Å². The van der Waals surface area contributed by atoms with Gasteiger partial charge in [0.1, 0.15) is 11.4 Å². The molecule has 0 aromatic carbocycles. The van der Waals surface area contributed by atoms with E-state index in [2.05, 4.69) is 67.2 Å². The fraction of sp³-hybridized carbons (Fsp3) is 1.00. The number of ether oxygens (including phenoxy) is 2. The molecule has 2 rings (SSSR count). The van der Waals surface area contributed by atoms with Crippen LogP contribution in [0.15, 0.2) is 0 Å². The lowest BCUT2D eigenvalue weighted by atomic mass is 9.72. The first-order chi connectivity index (χ1) is 7.28. The highest BCUT2D eigenvalue weighted by atomic mass is 16.6. The van der Waals surface area contributed by atoms with Gasteiger partial charge in [-0.2, -0.15) is 0 Å². The van der Waals surface area contributed by atoms with E-state index in [9.17, 15) is 0 Å². The Bertz CT molecular complexity index is 325. The minimum Gasteiger partial charge on any atom is -0.353 e. The van der Waals surface area contributed by atoms with Crippen molar-refractivity contribution in [3.8, 4) is 0 Å². The van der Waals surface area contributed by atoms with Gasteiger partial charge in [0.15, 0.2) is 0 Å². The summed E-state index contributed by atoms with van der Waals surface area (Å²) in [7, 11) is 0. The molecule has 3 nitrogen and oxygen atoms in total. The third-order valence-electron chi connectivity index (χ3n) is 4.88. The topological polar surface area (TPSA) is 21.7 Å². The van der Waals surface area contributed by atoms with Crippen LogP contribution in [0.3, 0.4) is 0 Å². The van der Waals surface area contributed by atoms with Crippen LogP contribution in [0.25, 0.3) is 0 Å². The predicted octanol–water partition coefficient (Wildman–Crippen LogP) is 3.14. The molecule has 2 heterocycles. The highest BCUT2D eigenvalue weighted by Crippen LogP contribution is 2.60. The van der Waals surface area contributed by atoms with Gasteiger partial charge in [-0.1, -0.05) is 0 Å². The Hall–Kier alpha value is -0.120. The van der Waals surface area contributed by atoms with Crippen LogP contribution in [0, 0.1) is 0 Å². The third-order valence-corrected chi connectivity index (χ3v) is 4.88. The Kier molecular flexibility index (Phi) is 2.26. The molecule has 2 aliphatic heterocycles. The van der Waals surface area contributed by atoms with Gasteiger partial charge in [-0.15, -0.1) is 0 Å². The molecular formula is C14H27NO2. The standard InChI is InChI=1S/C14H27NO2/c1-10(2)14(9)11(3,4)17-13(7,8)15(14)12(5,6)16-10/h1-9H3. The van der Waals surface area contributed by atoms with Crippen molar-refractivity contribution in [2.45, 2.75) is 90.5 Å². The molecule has 0 aromatic heterocycles. The minimum absolute atomic E-state index is 0.146. The van der Waals surface area contributed by atoms with Crippen molar-refractivity contribution in [1.29, 1.82) is 0 Å². The van der Waals surface area contributed by atoms with Crippen molar-refractivity contribution < 1.29 is 9.47 Å². The van der Waals surface area contributed by atoms with E-state index in [-0.39, 0.29) is 28.2 Å². The summed E-state index contributed by atoms with van der Waals surface area (Å²) in [5.41, 5.74) is -1.25.